The molecule has 0 aromatic heterocycles. The molecule has 10 atom stereocenters. The Hall–Kier alpha value is -3.33. The third-order valence-corrected chi connectivity index (χ3v) is 11.6. The molecule has 45 heavy (non-hydrogen) atoms. The van der Waals surface area contributed by atoms with Crippen LogP contribution in [-0.2, 0) is 24.6 Å². The highest BCUT2D eigenvalue weighted by molar-refractivity contribution is 6.31. The van der Waals surface area contributed by atoms with Crippen molar-refractivity contribution in [2.75, 3.05) is 18.4 Å². The first-order valence-electron chi connectivity index (χ1n) is 15.5. The molecule has 4 amide bonds. The highest BCUT2D eigenvalue weighted by atomic mass is 35.5. The maximum Gasteiger partial charge on any atom is 0.260 e. The highest BCUT2D eigenvalue weighted by Gasteiger charge is 2.66. The first-order valence-corrected chi connectivity index (χ1v) is 15.9. The summed E-state index contributed by atoms with van der Waals surface area (Å²) < 4.78 is 42.8. The average molecular weight is 646 g/mol. The number of hydrogen-bond donors (Lipinski definition) is 2. The number of benzene rings is 1. The molecule has 240 valence electrons. The van der Waals surface area contributed by atoms with E-state index in [0.717, 1.165) is 0 Å². The van der Waals surface area contributed by atoms with Gasteiger partial charge in [-0.3, -0.25) is 19.2 Å². The van der Waals surface area contributed by atoms with Crippen LogP contribution in [0.1, 0.15) is 52.0 Å². The number of hydrogen-bond acceptors (Lipinski definition) is 5. The van der Waals surface area contributed by atoms with E-state index in [4.69, 9.17) is 11.6 Å². The SMILES string of the molecule is CC(C)(C)C(NC(=O)C1CC1(F)F)C(=O)N1CC2C3CC(F)C(C3)C2C1C(=O)N1CC2(CC1C#N)C(=O)Nc1ccc(Cl)cc12. The zero-order valence-electron chi connectivity index (χ0n) is 25.2. The van der Waals surface area contributed by atoms with Gasteiger partial charge in [-0.05, 0) is 65.7 Å². The number of alkyl halides is 3. The van der Waals surface area contributed by atoms with E-state index >= 15 is 4.39 Å². The van der Waals surface area contributed by atoms with E-state index in [1.54, 1.807) is 39.0 Å². The van der Waals surface area contributed by atoms with Gasteiger partial charge in [-0.15, -0.1) is 0 Å². The number of carbonyl (C=O) groups is 4. The van der Waals surface area contributed by atoms with Crippen LogP contribution in [0.25, 0.3) is 0 Å². The molecule has 2 bridgehead atoms. The molecule has 1 spiro atoms. The molecule has 10 unspecified atom stereocenters. The molecule has 1 aromatic rings. The smallest absolute Gasteiger partial charge is 0.260 e. The Bertz CT molecular complexity index is 1560. The van der Waals surface area contributed by atoms with Gasteiger partial charge in [0.1, 0.15) is 30.2 Å². The summed E-state index contributed by atoms with van der Waals surface area (Å²) in [5.41, 5.74) is -0.991. The predicted octanol–water partition coefficient (Wildman–Crippen LogP) is 3.66. The minimum atomic E-state index is -3.12. The van der Waals surface area contributed by atoms with Gasteiger partial charge < -0.3 is 20.4 Å². The van der Waals surface area contributed by atoms with E-state index in [9.17, 15) is 33.2 Å². The summed E-state index contributed by atoms with van der Waals surface area (Å²) in [6.45, 7) is 5.14. The van der Waals surface area contributed by atoms with Gasteiger partial charge in [-0.2, -0.15) is 5.26 Å². The van der Waals surface area contributed by atoms with Gasteiger partial charge >= 0.3 is 0 Å². The molecular weight excluding hydrogens is 611 g/mol. The lowest BCUT2D eigenvalue weighted by Gasteiger charge is -2.38. The van der Waals surface area contributed by atoms with E-state index in [-0.39, 0.29) is 37.3 Å². The molecule has 0 radical (unpaired) electrons. The Balaban J connectivity index is 1.23. The van der Waals surface area contributed by atoms with Crippen LogP contribution in [0.3, 0.4) is 0 Å². The highest BCUT2D eigenvalue weighted by Crippen LogP contribution is 2.59. The molecule has 3 aliphatic carbocycles. The van der Waals surface area contributed by atoms with Crippen LogP contribution in [0.15, 0.2) is 18.2 Å². The maximum absolute atomic E-state index is 15.3. The molecule has 9 nitrogen and oxygen atoms in total. The molecule has 3 heterocycles. The van der Waals surface area contributed by atoms with E-state index in [1.165, 1.54) is 9.80 Å². The molecule has 6 aliphatic rings. The number of fused-ring (bicyclic) bond motifs is 7. The monoisotopic (exact) mass is 645 g/mol. The Morgan fingerprint density at radius 1 is 1.16 bits per heavy atom. The summed E-state index contributed by atoms with van der Waals surface area (Å²) in [6.07, 6.45) is -0.761. The van der Waals surface area contributed by atoms with E-state index in [2.05, 4.69) is 16.7 Å². The lowest BCUT2D eigenvalue weighted by molar-refractivity contribution is -0.149. The van der Waals surface area contributed by atoms with Crippen molar-refractivity contribution in [2.24, 2.45) is 35.0 Å². The first-order chi connectivity index (χ1) is 21.1. The molecule has 13 heteroatoms. The number of rotatable bonds is 4. The fraction of sp³-hybridized carbons (Fsp3) is 0.656. The number of amides is 4. The number of nitriles is 1. The predicted molar refractivity (Wildman–Crippen MR) is 156 cm³/mol. The van der Waals surface area contributed by atoms with Crippen molar-refractivity contribution in [2.45, 2.75) is 82.1 Å². The number of anilines is 1. The van der Waals surface area contributed by atoms with Crippen LogP contribution < -0.4 is 10.6 Å². The second-order valence-corrected chi connectivity index (χ2v) is 15.4. The fourth-order valence-corrected chi connectivity index (χ4v) is 9.14. The van der Waals surface area contributed by atoms with Gasteiger partial charge in [0.15, 0.2) is 0 Å². The molecule has 5 fully saturated rings. The van der Waals surface area contributed by atoms with Crippen LogP contribution in [-0.4, -0.2) is 76.7 Å². The van der Waals surface area contributed by atoms with Crippen LogP contribution >= 0.6 is 11.6 Å². The molecule has 7 rings (SSSR count). The molecule has 1 aromatic carbocycles. The molecular formula is C32H35ClF3N5O4. The standard InChI is InChI=1S/C32H35ClF3N5O4/c1-30(2,3)25(39-26(42)20-10-32(20,35)36)28(44)40-12-18-14-6-17(21(34)7-14)23(18)24(40)27(43)41-13-31(9-16(41)11-37)19-8-15(33)4-5-22(19)38-29(31)45/h4-5,8,14,16-18,20-21,23-25H,6-7,9-10,12-13H2,1-3H3,(H,38,45)(H,39,42). The zero-order chi connectivity index (χ0) is 32.4. The molecule has 2 saturated heterocycles. The fourth-order valence-electron chi connectivity index (χ4n) is 8.97. The Kier molecular flexibility index (Phi) is 6.63. The van der Waals surface area contributed by atoms with Gasteiger partial charge in [0.25, 0.3) is 5.92 Å². The summed E-state index contributed by atoms with van der Waals surface area (Å²) >= 11 is 6.28. The Morgan fingerprint density at radius 2 is 1.87 bits per heavy atom. The average Bonchev–Trinajstić information content (AvgIpc) is 3.51. The topological polar surface area (TPSA) is 123 Å². The second kappa shape index (κ2) is 9.84. The normalized spacial score (nSPS) is 37.7. The number of likely N-dealkylation sites (tertiary alicyclic amines) is 2. The maximum atomic E-state index is 15.3. The molecule has 2 N–H and O–H groups in total. The lowest BCUT2D eigenvalue weighted by atomic mass is 9.77. The number of carbonyl (C=O) groups excluding carboxylic acids is 4. The van der Waals surface area contributed by atoms with Crippen LogP contribution in [0, 0.1) is 46.3 Å². The van der Waals surface area contributed by atoms with Crippen molar-refractivity contribution in [1.29, 1.82) is 5.26 Å². The summed E-state index contributed by atoms with van der Waals surface area (Å²) in [5.74, 6) is -8.20. The van der Waals surface area contributed by atoms with Crippen molar-refractivity contribution in [3.8, 4) is 6.07 Å². The summed E-state index contributed by atoms with van der Waals surface area (Å²) in [5, 5.41) is 16.0. The van der Waals surface area contributed by atoms with Crippen molar-refractivity contribution in [3.05, 3.63) is 28.8 Å². The summed E-state index contributed by atoms with van der Waals surface area (Å²) in [4.78, 5) is 58.0. The third kappa shape index (κ3) is 4.47. The van der Waals surface area contributed by atoms with Crippen molar-refractivity contribution >= 4 is 40.9 Å². The number of halogens is 4. The van der Waals surface area contributed by atoms with Gasteiger partial charge in [0, 0.05) is 36.6 Å². The van der Waals surface area contributed by atoms with Gasteiger partial charge in [-0.25, -0.2) is 13.2 Å². The van der Waals surface area contributed by atoms with Gasteiger partial charge in [0.05, 0.1) is 11.5 Å². The first kappa shape index (κ1) is 30.3. The largest absolute Gasteiger partial charge is 0.343 e. The molecule has 3 saturated carbocycles. The van der Waals surface area contributed by atoms with Crippen LogP contribution in [0.2, 0.25) is 5.02 Å². The minimum Gasteiger partial charge on any atom is -0.343 e. The van der Waals surface area contributed by atoms with E-state index in [1.807, 2.05) is 0 Å². The van der Waals surface area contributed by atoms with Gasteiger partial charge in [-0.1, -0.05) is 32.4 Å². The Morgan fingerprint density at radius 3 is 2.51 bits per heavy atom. The minimum absolute atomic E-state index is 0.0250. The second-order valence-electron chi connectivity index (χ2n) is 15.0. The quantitative estimate of drug-likeness (QED) is 0.518. The lowest BCUT2D eigenvalue weighted by Crippen LogP contribution is -2.60. The third-order valence-electron chi connectivity index (χ3n) is 11.3. The van der Waals surface area contributed by atoms with Crippen molar-refractivity contribution in [3.63, 3.8) is 0 Å². The summed E-state index contributed by atoms with van der Waals surface area (Å²) in [7, 11) is 0. The zero-order valence-corrected chi connectivity index (χ0v) is 25.9. The van der Waals surface area contributed by atoms with Gasteiger partial charge in [0.2, 0.25) is 23.6 Å². The van der Waals surface area contributed by atoms with Crippen molar-refractivity contribution in [1.82, 2.24) is 15.1 Å². The van der Waals surface area contributed by atoms with Crippen LogP contribution in [0.4, 0.5) is 18.9 Å². The van der Waals surface area contributed by atoms with E-state index in [0.29, 0.717) is 29.1 Å². The number of nitrogens with one attached hydrogen (secondary N) is 2. The number of nitrogens with zero attached hydrogens (tertiary/aromatic N) is 3. The summed E-state index contributed by atoms with van der Waals surface area (Å²) in [6, 6.07) is 3.78. The van der Waals surface area contributed by atoms with E-state index < -0.39 is 82.9 Å². The Labute approximate surface area is 263 Å². The van der Waals surface area contributed by atoms with Crippen LogP contribution in [0.5, 0.6) is 0 Å². The van der Waals surface area contributed by atoms with Crippen molar-refractivity contribution < 1.29 is 32.3 Å². The molecule has 3 aliphatic heterocycles.